The number of primary sulfonamides is 1. The third-order valence-corrected chi connectivity index (χ3v) is 7.30. The summed E-state index contributed by atoms with van der Waals surface area (Å²) in [6.45, 7) is 0.169. The number of aryl methyl sites for hydroxylation is 1. The Labute approximate surface area is 154 Å². The predicted octanol–water partition coefficient (Wildman–Crippen LogP) is 0.530. The molecule has 0 bridgehead atoms. The van der Waals surface area contributed by atoms with Gasteiger partial charge in [0.05, 0.1) is 21.0 Å². The van der Waals surface area contributed by atoms with Crippen LogP contribution in [-0.2, 0) is 33.5 Å². The molecule has 2 aromatic carbocycles. The van der Waals surface area contributed by atoms with E-state index in [-0.39, 0.29) is 21.9 Å². The Bertz CT molecular complexity index is 1350. The number of aromatic nitrogens is 1. The molecule has 4 rings (SSSR count). The van der Waals surface area contributed by atoms with Gasteiger partial charge in [0, 0.05) is 19.7 Å². The monoisotopic (exact) mass is 409 g/mol. The lowest BCUT2D eigenvalue weighted by molar-refractivity contribution is 0.527. The van der Waals surface area contributed by atoms with Gasteiger partial charge in [-0.15, -0.1) is 0 Å². The number of anilines is 1. The zero-order valence-electron chi connectivity index (χ0n) is 14.1. The van der Waals surface area contributed by atoms with E-state index in [1.54, 1.807) is 0 Å². The summed E-state index contributed by atoms with van der Waals surface area (Å²) in [4.78, 5) is 11.5. The van der Waals surface area contributed by atoms with Crippen LogP contribution in [0.2, 0.25) is 0 Å². The normalized spacial score (nSPS) is 14.7. The molecule has 0 fully saturated rings. The van der Waals surface area contributed by atoms with Crippen LogP contribution in [0.4, 0.5) is 5.69 Å². The van der Waals surface area contributed by atoms with E-state index in [2.05, 4.69) is 0 Å². The van der Waals surface area contributed by atoms with Crippen LogP contribution < -0.4 is 15.2 Å². The quantitative estimate of drug-likeness (QED) is 0.671. The van der Waals surface area contributed by atoms with Gasteiger partial charge in [0.15, 0.2) is 5.58 Å². The lowest BCUT2D eigenvalue weighted by atomic mass is 10.2. The van der Waals surface area contributed by atoms with Crippen LogP contribution in [0.1, 0.15) is 5.56 Å². The summed E-state index contributed by atoms with van der Waals surface area (Å²) in [6, 6.07) is 8.32. The highest BCUT2D eigenvalue weighted by Crippen LogP contribution is 2.34. The summed E-state index contributed by atoms with van der Waals surface area (Å²) < 4.78 is 56.7. The molecule has 2 heterocycles. The minimum Gasteiger partial charge on any atom is -0.408 e. The number of benzene rings is 2. The maximum Gasteiger partial charge on any atom is 0.419 e. The Morgan fingerprint density at radius 3 is 2.44 bits per heavy atom. The molecule has 11 heteroatoms. The number of hydrogen-bond acceptors (Lipinski definition) is 6. The van der Waals surface area contributed by atoms with Gasteiger partial charge in [0.2, 0.25) is 10.0 Å². The van der Waals surface area contributed by atoms with Crippen molar-refractivity contribution in [1.82, 2.24) is 4.57 Å². The molecule has 1 aromatic heterocycles. The average molecular weight is 409 g/mol. The molecular formula is C16H15N3O6S2. The van der Waals surface area contributed by atoms with Gasteiger partial charge in [-0.25, -0.2) is 26.8 Å². The first kappa shape index (κ1) is 17.8. The fraction of sp³-hybridized carbons (Fsp3) is 0.188. The van der Waals surface area contributed by atoms with Crippen molar-refractivity contribution in [2.24, 2.45) is 12.2 Å². The van der Waals surface area contributed by atoms with Crippen molar-refractivity contribution in [3.05, 3.63) is 52.5 Å². The van der Waals surface area contributed by atoms with Crippen LogP contribution in [-0.4, -0.2) is 27.9 Å². The molecule has 0 atom stereocenters. The molecule has 0 radical (unpaired) electrons. The van der Waals surface area contributed by atoms with Crippen LogP contribution in [0.25, 0.3) is 11.1 Å². The molecule has 9 nitrogen and oxygen atoms in total. The maximum atomic E-state index is 13.1. The number of nitrogens with zero attached hydrogens (tertiary/aromatic N) is 2. The van der Waals surface area contributed by atoms with Crippen molar-refractivity contribution in [2.75, 3.05) is 10.8 Å². The largest absolute Gasteiger partial charge is 0.419 e. The van der Waals surface area contributed by atoms with Gasteiger partial charge in [-0.1, -0.05) is 0 Å². The van der Waals surface area contributed by atoms with Crippen LogP contribution >= 0.6 is 0 Å². The molecule has 3 aromatic rings. The van der Waals surface area contributed by atoms with Crippen LogP contribution in [0.3, 0.4) is 0 Å². The van der Waals surface area contributed by atoms with Crippen LogP contribution in [0.5, 0.6) is 0 Å². The highest BCUT2D eigenvalue weighted by molar-refractivity contribution is 7.92. The minimum atomic E-state index is -3.91. The molecule has 142 valence electrons. The Hall–Kier alpha value is -2.63. The van der Waals surface area contributed by atoms with E-state index < -0.39 is 25.8 Å². The standard InChI is InChI=1S/C16H15N3O6S2/c1-18-14-5-3-12(9-15(14)25-16(18)20)27(23,24)19-7-6-10-8-11(26(17,21)22)2-4-13(10)19/h2-5,8-9H,6-7H2,1H3,(H2,17,21,22). The van der Waals surface area contributed by atoms with E-state index in [1.807, 2.05) is 0 Å². The Balaban J connectivity index is 1.80. The molecule has 0 spiro atoms. The molecule has 1 aliphatic rings. The van der Waals surface area contributed by atoms with Crippen molar-refractivity contribution < 1.29 is 21.3 Å². The topological polar surface area (TPSA) is 133 Å². The van der Waals surface area contributed by atoms with E-state index in [9.17, 15) is 21.6 Å². The van der Waals surface area contributed by atoms with Gasteiger partial charge in [0.1, 0.15) is 0 Å². The molecule has 2 N–H and O–H groups in total. The van der Waals surface area contributed by atoms with Crippen molar-refractivity contribution in [1.29, 1.82) is 0 Å². The third kappa shape index (κ3) is 2.74. The summed E-state index contributed by atoms with van der Waals surface area (Å²) in [5.74, 6) is -0.582. The van der Waals surface area contributed by atoms with Gasteiger partial charge in [0.25, 0.3) is 10.0 Å². The highest BCUT2D eigenvalue weighted by atomic mass is 32.2. The SMILES string of the molecule is Cn1c(=O)oc2cc(S(=O)(=O)N3CCc4cc(S(N)(=O)=O)ccc43)ccc21. The smallest absolute Gasteiger partial charge is 0.408 e. The first-order valence-corrected chi connectivity index (χ1v) is 10.9. The second-order valence-corrected chi connectivity index (χ2v) is 9.64. The number of nitrogens with two attached hydrogens (primary N) is 1. The number of rotatable bonds is 3. The van der Waals surface area contributed by atoms with Crippen molar-refractivity contribution in [2.45, 2.75) is 16.2 Å². The van der Waals surface area contributed by atoms with E-state index in [4.69, 9.17) is 9.56 Å². The first-order chi connectivity index (χ1) is 12.6. The van der Waals surface area contributed by atoms with E-state index in [0.29, 0.717) is 23.2 Å². The summed E-state index contributed by atoms with van der Waals surface area (Å²) in [7, 11) is -6.25. The van der Waals surface area contributed by atoms with Gasteiger partial charge in [-0.3, -0.25) is 8.87 Å². The van der Waals surface area contributed by atoms with Crippen molar-refractivity contribution in [3.8, 4) is 0 Å². The fourth-order valence-corrected chi connectivity index (χ4v) is 5.26. The molecule has 0 saturated heterocycles. The number of sulfonamides is 2. The van der Waals surface area contributed by atoms with Gasteiger partial charge in [-0.2, -0.15) is 0 Å². The van der Waals surface area contributed by atoms with Gasteiger partial charge < -0.3 is 4.42 Å². The summed E-state index contributed by atoms with van der Waals surface area (Å²) in [5.41, 5.74) is 1.64. The number of oxazole rings is 1. The summed E-state index contributed by atoms with van der Waals surface area (Å²) in [6.07, 6.45) is 0.362. The van der Waals surface area contributed by atoms with Crippen molar-refractivity contribution in [3.63, 3.8) is 0 Å². The summed E-state index contributed by atoms with van der Waals surface area (Å²) >= 11 is 0. The molecule has 27 heavy (non-hydrogen) atoms. The van der Waals surface area contributed by atoms with E-state index in [0.717, 1.165) is 0 Å². The zero-order valence-corrected chi connectivity index (χ0v) is 15.7. The third-order valence-electron chi connectivity index (χ3n) is 4.58. The van der Waals surface area contributed by atoms with Gasteiger partial charge >= 0.3 is 5.76 Å². The van der Waals surface area contributed by atoms with E-state index in [1.165, 1.54) is 52.3 Å². The van der Waals surface area contributed by atoms with Crippen LogP contribution in [0, 0.1) is 0 Å². The maximum absolute atomic E-state index is 13.1. The average Bonchev–Trinajstić information content (AvgIpc) is 3.15. The predicted molar refractivity (Wildman–Crippen MR) is 97.5 cm³/mol. The Morgan fingerprint density at radius 1 is 1.04 bits per heavy atom. The summed E-state index contributed by atoms with van der Waals surface area (Å²) in [5, 5.41) is 5.13. The highest BCUT2D eigenvalue weighted by Gasteiger charge is 2.32. The fourth-order valence-electron chi connectivity index (χ4n) is 3.18. The molecule has 0 aliphatic carbocycles. The zero-order chi connectivity index (χ0) is 19.6. The van der Waals surface area contributed by atoms with Crippen LogP contribution in [0.15, 0.2) is 55.4 Å². The second-order valence-electron chi connectivity index (χ2n) is 6.22. The first-order valence-electron chi connectivity index (χ1n) is 7.87. The Morgan fingerprint density at radius 2 is 1.74 bits per heavy atom. The number of fused-ring (bicyclic) bond motifs is 2. The Kier molecular flexibility index (Phi) is 3.74. The van der Waals surface area contributed by atoms with Crippen molar-refractivity contribution >= 4 is 36.8 Å². The lowest BCUT2D eigenvalue weighted by Gasteiger charge is -2.19. The van der Waals surface area contributed by atoms with E-state index >= 15 is 0 Å². The lowest BCUT2D eigenvalue weighted by Crippen LogP contribution is -2.29. The molecule has 0 amide bonds. The number of hydrogen-bond donors (Lipinski definition) is 1. The molecule has 1 aliphatic heterocycles. The van der Waals surface area contributed by atoms with Gasteiger partial charge in [-0.05, 0) is 42.3 Å². The minimum absolute atomic E-state index is 0.0206. The second kappa shape index (κ2) is 5.68. The molecular weight excluding hydrogens is 394 g/mol. The molecule has 0 saturated carbocycles. The molecule has 0 unspecified atom stereocenters.